The Hall–Kier alpha value is -4.13. The molecule has 7 heteroatoms. The van der Waals surface area contributed by atoms with Crippen LogP contribution in [0.3, 0.4) is 0 Å². The van der Waals surface area contributed by atoms with Gasteiger partial charge in [-0.2, -0.15) is 5.10 Å². The van der Waals surface area contributed by atoms with E-state index in [0.29, 0.717) is 28.4 Å². The Balaban J connectivity index is 1.55. The van der Waals surface area contributed by atoms with Crippen molar-refractivity contribution in [2.24, 2.45) is 5.10 Å². The van der Waals surface area contributed by atoms with Crippen LogP contribution in [0.15, 0.2) is 77.9 Å². The van der Waals surface area contributed by atoms with E-state index in [1.807, 2.05) is 0 Å². The number of hydrazone groups is 1. The van der Waals surface area contributed by atoms with Crippen LogP contribution < -0.4 is 19.6 Å². The third-order valence-corrected chi connectivity index (χ3v) is 4.13. The molecule has 0 bridgehead atoms. The number of rotatable bonds is 7. The number of carbonyl (C=O) groups excluding carboxylic acids is 2. The Morgan fingerprint density at radius 1 is 0.800 bits per heavy atom. The fourth-order valence-electron chi connectivity index (χ4n) is 2.51. The normalized spacial score (nSPS) is 10.5. The molecule has 0 aromatic heterocycles. The molecule has 0 unspecified atom stereocenters. The Kier molecular flexibility index (Phi) is 6.78. The van der Waals surface area contributed by atoms with E-state index in [2.05, 4.69) is 10.5 Å². The zero-order chi connectivity index (χ0) is 21.3. The molecular formula is C23H20N2O5. The standard InChI is InChI=1S/C23H20N2O5/c1-28-19-12-8-17(9-13-19)23(27)30-20-10-6-16(7-11-20)15-24-25-22(26)18-4-3-5-21(14-18)29-2/h3-15H,1-2H3,(H,25,26). The van der Waals surface area contributed by atoms with E-state index in [0.717, 1.165) is 5.56 Å². The van der Waals surface area contributed by atoms with E-state index in [1.54, 1.807) is 79.9 Å². The van der Waals surface area contributed by atoms with Crippen molar-refractivity contribution in [2.75, 3.05) is 14.2 Å². The lowest BCUT2D eigenvalue weighted by Crippen LogP contribution is -2.17. The van der Waals surface area contributed by atoms with Gasteiger partial charge in [-0.3, -0.25) is 4.79 Å². The van der Waals surface area contributed by atoms with Crippen molar-refractivity contribution in [3.63, 3.8) is 0 Å². The maximum atomic E-state index is 12.2. The highest BCUT2D eigenvalue weighted by Crippen LogP contribution is 2.16. The Bertz CT molecular complexity index is 1040. The molecule has 0 heterocycles. The molecule has 0 aliphatic carbocycles. The monoisotopic (exact) mass is 404 g/mol. The average molecular weight is 404 g/mol. The van der Waals surface area contributed by atoms with Gasteiger partial charge in [0.1, 0.15) is 17.2 Å². The van der Waals surface area contributed by atoms with Crippen molar-refractivity contribution in [1.82, 2.24) is 5.43 Å². The van der Waals surface area contributed by atoms with Gasteiger partial charge in [-0.15, -0.1) is 0 Å². The van der Waals surface area contributed by atoms with Gasteiger partial charge in [0.25, 0.3) is 5.91 Å². The van der Waals surface area contributed by atoms with Crippen LogP contribution in [0.1, 0.15) is 26.3 Å². The lowest BCUT2D eigenvalue weighted by Gasteiger charge is -2.05. The number of methoxy groups -OCH3 is 2. The molecule has 0 saturated carbocycles. The number of nitrogens with zero attached hydrogens (tertiary/aromatic N) is 1. The van der Waals surface area contributed by atoms with E-state index in [9.17, 15) is 9.59 Å². The predicted octanol–water partition coefficient (Wildman–Crippen LogP) is 3.69. The second-order valence-corrected chi connectivity index (χ2v) is 6.12. The minimum absolute atomic E-state index is 0.352. The van der Waals surface area contributed by atoms with Gasteiger partial charge < -0.3 is 14.2 Å². The van der Waals surface area contributed by atoms with Gasteiger partial charge in [0.2, 0.25) is 0 Å². The zero-order valence-electron chi connectivity index (χ0n) is 16.5. The third-order valence-electron chi connectivity index (χ3n) is 4.13. The molecule has 0 fully saturated rings. The molecule has 7 nitrogen and oxygen atoms in total. The fourth-order valence-corrected chi connectivity index (χ4v) is 2.51. The van der Waals surface area contributed by atoms with Gasteiger partial charge in [-0.05, 0) is 72.3 Å². The van der Waals surface area contributed by atoms with E-state index in [1.165, 1.54) is 13.3 Å². The summed E-state index contributed by atoms with van der Waals surface area (Å²) in [7, 11) is 3.09. The van der Waals surface area contributed by atoms with E-state index in [4.69, 9.17) is 14.2 Å². The van der Waals surface area contributed by atoms with Crippen molar-refractivity contribution in [3.8, 4) is 17.2 Å². The molecule has 0 aliphatic rings. The van der Waals surface area contributed by atoms with Crippen LogP contribution in [-0.4, -0.2) is 32.3 Å². The number of hydrogen-bond donors (Lipinski definition) is 1. The number of esters is 1. The molecule has 3 aromatic rings. The Labute approximate surface area is 173 Å². The van der Waals surface area contributed by atoms with Crippen LogP contribution in [0.2, 0.25) is 0 Å². The van der Waals surface area contributed by atoms with Crippen LogP contribution in [0.25, 0.3) is 0 Å². The first kappa shape index (κ1) is 20.6. The molecule has 0 atom stereocenters. The molecule has 1 N–H and O–H groups in total. The second-order valence-electron chi connectivity index (χ2n) is 6.12. The van der Waals surface area contributed by atoms with Gasteiger partial charge >= 0.3 is 5.97 Å². The quantitative estimate of drug-likeness (QED) is 0.281. The van der Waals surface area contributed by atoms with Gasteiger partial charge in [-0.25, -0.2) is 10.2 Å². The first-order valence-electron chi connectivity index (χ1n) is 9.03. The SMILES string of the molecule is COc1ccc(C(=O)Oc2ccc(C=NNC(=O)c3cccc(OC)c3)cc2)cc1. The van der Waals surface area contributed by atoms with E-state index < -0.39 is 5.97 Å². The summed E-state index contributed by atoms with van der Waals surface area (Å²) < 4.78 is 15.5. The predicted molar refractivity (Wildman–Crippen MR) is 112 cm³/mol. The molecule has 3 aromatic carbocycles. The smallest absolute Gasteiger partial charge is 0.343 e. The van der Waals surface area contributed by atoms with Gasteiger partial charge in [0, 0.05) is 5.56 Å². The van der Waals surface area contributed by atoms with Gasteiger partial charge in [0.05, 0.1) is 26.0 Å². The first-order valence-corrected chi connectivity index (χ1v) is 9.03. The topological polar surface area (TPSA) is 86.2 Å². The number of nitrogens with one attached hydrogen (secondary N) is 1. The molecule has 3 rings (SSSR count). The maximum Gasteiger partial charge on any atom is 0.343 e. The first-order chi connectivity index (χ1) is 14.6. The third kappa shape index (κ3) is 5.45. The van der Waals surface area contributed by atoms with Crippen LogP contribution in [0.4, 0.5) is 0 Å². The van der Waals surface area contributed by atoms with Crippen LogP contribution in [0.5, 0.6) is 17.2 Å². The Morgan fingerprint density at radius 2 is 1.47 bits per heavy atom. The summed E-state index contributed by atoms with van der Waals surface area (Å²) in [5, 5.41) is 3.94. The summed E-state index contributed by atoms with van der Waals surface area (Å²) in [6.45, 7) is 0. The number of benzene rings is 3. The molecule has 0 aliphatic heterocycles. The summed E-state index contributed by atoms with van der Waals surface area (Å²) in [5.74, 6) is 0.827. The Morgan fingerprint density at radius 3 is 2.13 bits per heavy atom. The lowest BCUT2D eigenvalue weighted by atomic mass is 10.2. The zero-order valence-corrected chi connectivity index (χ0v) is 16.5. The highest BCUT2D eigenvalue weighted by molar-refractivity contribution is 5.95. The summed E-state index contributed by atoms with van der Waals surface area (Å²) in [6, 6.07) is 20.1. The summed E-state index contributed by atoms with van der Waals surface area (Å²) in [4.78, 5) is 24.3. The van der Waals surface area contributed by atoms with Gasteiger partial charge in [-0.1, -0.05) is 6.07 Å². The maximum absolute atomic E-state index is 12.2. The van der Waals surface area contributed by atoms with Crippen molar-refractivity contribution in [1.29, 1.82) is 0 Å². The molecule has 0 spiro atoms. The van der Waals surface area contributed by atoms with Crippen LogP contribution in [-0.2, 0) is 0 Å². The fraction of sp³-hybridized carbons (Fsp3) is 0.0870. The lowest BCUT2D eigenvalue weighted by molar-refractivity contribution is 0.0734. The molecular weight excluding hydrogens is 384 g/mol. The number of ether oxygens (including phenoxy) is 3. The number of amides is 1. The largest absolute Gasteiger partial charge is 0.497 e. The van der Waals surface area contributed by atoms with Crippen LogP contribution >= 0.6 is 0 Å². The molecule has 0 saturated heterocycles. The van der Waals surface area contributed by atoms with E-state index >= 15 is 0 Å². The average Bonchev–Trinajstić information content (AvgIpc) is 2.80. The molecule has 1 amide bonds. The van der Waals surface area contributed by atoms with Crippen molar-refractivity contribution >= 4 is 18.1 Å². The number of hydrogen-bond acceptors (Lipinski definition) is 6. The molecule has 0 radical (unpaired) electrons. The van der Waals surface area contributed by atoms with Crippen molar-refractivity contribution in [3.05, 3.63) is 89.5 Å². The minimum Gasteiger partial charge on any atom is -0.497 e. The van der Waals surface area contributed by atoms with Crippen molar-refractivity contribution in [2.45, 2.75) is 0 Å². The summed E-state index contributed by atoms with van der Waals surface area (Å²) >= 11 is 0. The highest BCUT2D eigenvalue weighted by Gasteiger charge is 2.09. The highest BCUT2D eigenvalue weighted by atomic mass is 16.5. The van der Waals surface area contributed by atoms with Crippen LogP contribution in [0, 0.1) is 0 Å². The molecule has 152 valence electrons. The summed E-state index contributed by atoms with van der Waals surface area (Å²) in [6.07, 6.45) is 1.49. The number of carbonyl (C=O) groups is 2. The van der Waals surface area contributed by atoms with E-state index in [-0.39, 0.29) is 5.91 Å². The van der Waals surface area contributed by atoms with Gasteiger partial charge in [0.15, 0.2) is 0 Å². The minimum atomic E-state index is -0.468. The summed E-state index contributed by atoms with van der Waals surface area (Å²) in [5.41, 5.74) is 4.04. The molecule has 30 heavy (non-hydrogen) atoms. The second kappa shape index (κ2) is 9.88. The van der Waals surface area contributed by atoms with Crippen molar-refractivity contribution < 1.29 is 23.8 Å².